The fraction of sp³-hybridized carbons (Fsp3) is 0.312. The van der Waals surface area contributed by atoms with Crippen molar-refractivity contribution in [2.24, 2.45) is 0 Å². The van der Waals surface area contributed by atoms with E-state index in [0.29, 0.717) is 13.2 Å². The molecule has 0 saturated carbocycles. The van der Waals surface area contributed by atoms with E-state index in [1.165, 1.54) is 0 Å². The van der Waals surface area contributed by atoms with E-state index in [2.05, 4.69) is 22.5 Å². The average molecular weight is 285 g/mol. The van der Waals surface area contributed by atoms with E-state index in [-0.39, 0.29) is 0 Å². The number of hydrogen-bond donors (Lipinski definition) is 2. The van der Waals surface area contributed by atoms with Gasteiger partial charge < -0.3 is 20.1 Å². The van der Waals surface area contributed by atoms with Crippen molar-refractivity contribution in [3.05, 3.63) is 36.7 Å². The zero-order valence-corrected chi connectivity index (χ0v) is 12.1. The average Bonchev–Trinajstić information content (AvgIpc) is 2.73. The molecule has 0 amide bonds. The van der Waals surface area contributed by atoms with Gasteiger partial charge in [-0.25, -0.2) is 0 Å². The highest BCUT2D eigenvalue weighted by Crippen LogP contribution is 2.33. The lowest BCUT2D eigenvalue weighted by Crippen LogP contribution is -1.99. The predicted molar refractivity (Wildman–Crippen MR) is 83.7 cm³/mol. The number of ether oxygens (including phenoxy) is 2. The number of hydrogen-bond acceptors (Lipinski definition) is 5. The summed E-state index contributed by atoms with van der Waals surface area (Å²) >= 11 is 0. The molecule has 1 aromatic heterocycles. The Balaban J connectivity index is 1.78. The number of aromatic nitrogens is 1. The van der Waals surface area contributed by atoms with Crippen LogP contribution in [0.25, 0.3) is 0 Å². The molecule has 0 fully saturated rings. The summed E-state index contributed by atoms with van der Waals surface area (Å²) in [5.74, 6) is 1.59. The predicted octanol–water partition coefficient (Wildman–Crippen LogP) is 3.42. The molecule has 2 heterocycles. The van der Waals surface area contributed by atoms with Crippen molar-refractivity contribution >= 4 is 17.1 Å². The van der Waals surface area contributed by atoms with Crippen LogP contribution in [0.15, 0.2) is 36.7 Å². The minimum Gasteiger partial charge on any atom is -0.490 e. The van der Waals surface area contributed by atoms with Crippen LogP contribution in [0.3, 0.4) is 0 Å². The maximum absolute atomic E-state index is 5.70. The first-order valence-corrected chi connectivity index (χ1v) is 7.21. The number of nitrogens with zero attached hydrogens (tertiary/aromatic N) is 1. The maximum atomic E-state index is 5.70. The van der Waals surface area contributed by atoms with Gasteiger partial charge in [0.15, 0.2) is 11.5 Å². The summed E-state index contributed by atoms with van der Waals surface area (Å²) in [4.78, 5) is 4.22. The Morgan fingerprint density at radius 1 is 1.00 bits per heavy atom. The lowest BCUT2D eigenvalue weighted by Gasteiger charge is -2.12. The van der Waals surface area contributed by atoms with E-state index >= 15 is 0 Å². The third kappa shape index (κ3) is 3.37. The fourth-order valence-corrected chi connectivity index (χ4v) is 2.22. The highest BCUT2D eigenvalue weighted by molar-refractivity contribution is 5.65. The molecule has 2 aromatic rings. The van der Waals surface area contributed by atoms with Crippen molar-refractivity contribution in [3.63, 3.8) is 0 Å². The van der Waals surface area contributed by atoms with Gasteiger partial charge in [-0.2, -0.15) is 0 Å². The van der Waals surface area contributed by atoms with Crippen molar-refractivity contribution in [1.82, 2.24) is 4.98 Å². The number of nitrogens with one attached hydrogen (secondary N) is 2. The quantitative estimate of drug-likeness (QED) is 0.901. The Morgan fingerprint density at radius 2 is 1.81 bits per heavy atom. The molecule has 5 nitrogen and oxygen atoms in total. The van der Waals surface area contributed by atoms with Gasteiger partial charge in [-0.15, -0.1) is 0 Å². The third-order valence-corrected chi connectivity index (χ3v) is 3.16. The first-order chi connectivity index (χ1) is 10.3. The van der Waals surface area contributed by atoms with Gasteiger partial charge in [0.05, 0.1) is 37.0 Å². The van der Waals surface area contributed by atoms with Gasteiger partial charge >= 0.3 is 0 Å². The molecule has 0 saturated heterocycles. The van der Waals surface area contributed by atoms with Crippen LogP contribution in [-0.4, -0.2) is 24.7 Å². The third-order valence-electron chi connectivity index (χ3n) is 3.16. The smallest absolute Gasteiger partial charge is 0.163 e. The summed E-state index contributed by atoms with van der Waals surface area (Å²) in [5.41, 5.74) is 2.88. The Bertz CT molecular complexity index is 616. The molecule has 110 valence electrons. The van der Waals surface area contributed by atoms with Gasteiger partial charge in [-0.3, -0.25) is 4.98 Å². The Labute approximate surface area is 124 Å². The SMILES string of the molecule is CCNc1cncc(Nc2ccc3c(c2)OCCCO3)c1. The Hall–Kier alpha value is -2.43. The monoisotopic (exact) mass is 285 g/mol. The number of benzene rings is 1. The van der Waals surface area contributed by atoms with E-state index in [9.17, 15) is 0 Å². The van der Waals surface area contributed by atoms with Crippen LogP contribution in [-0.2, 0) is 0 Å². The molecule has 5 heteroatoms. The van der Waals surface area contributed by atoms with Crippen LogP contribution >= 0.6 is 0 Å². The van der Waals surface area contributed by atoms with Gasteiger partial charge in [0.1, 0.15) is 0 Å². The van der Waals surface area contributed by atoms with Gasteiger partial charge in [-0.05, 0) is 25.1 Å². The molecule has 21 heavy (non-hydrogen) atoms. The molecule has 2 N–H and O–H groups in total. The first-order valence-electron chi connectivity index (χ1n) is 7.21. The first kappa shape index (κ1) is 13.5. The fourth-order valence-electron chi connectivity index (χ4n) is 2.22. The van der Waals surface area contributed by atoms with Gasteiger partial charge in [-0.1, -0.05) is 0 Å². The van der Waals surface area contributed by atoms with E-state index in [1.54, 1.807) is 6.20 Å². The Morgan fingerprint density at radius 3 is 2.67 bits per heavy atom. The highest BCUT2D eigenvalue weighted by Gasteiger charge is 2.10. The van der Waals surface area contributed by atoms with Gasteiger partial charge in [0, 0.05) is 24.7 Å². The van der Waals surface area contributed by atoms with E-state index in [0.717, 1.165) is 41.5 Å². The van der Waals surface area contributed by atoms with E-state index in [1.807, 2.05) is 30.5 Å². The summed E-state index contributed by atoms with van der Waals surface area (Å²) in [6.07, 6.45) is 4.51. The van der Waals surface area contributed by atoms with Gasteiger partial charge in [0.25, 0.3) is 0 Å². The molecule has 0 bridgehead atoms. The number of fused-ring (bicyclic) bond motifs is 1. The normalized spacial score (nSPS) is 13.4. The second kappa shape index (κ2) is 6.35. The summed E-state index contributed by atoms with van der Waals surface area (Å²) in [7, 11) is 0. The molecular formula is C16H19N3O2. The van der Waals surface area contributed by atoms with E-state index < -0.39 is 0 Å². The second-order valence-corrected chi connectivity index (χ2v) is 4.83. The summed E-state index contributed by atoms with van der Waals surface area (Å²) in [6.45, 7) is 4.32. The molecule has 0 atom stereocenters. The van der Waals surface area contributed by atoms with Crippen LogP contribution < -0.4 is 20.1 Å². The lowest BCUT2D eigenvalue weighted by atomic mass is 10.2. The lowest BCUT2D eigenvalue weighted by molar-refractivity contribution is 0.297. The molecular weight excluding hydrogens is 266 g/mol. The van der Waals surface area contributed by atoms with Crippen LogP contribution in [0.1, 0.15) is 13.3 Å². The molecule has 3 rings (SSSR count). The van der Waals surface area contributed by atoms with Crippen LogP contribution in [0, 0.1) is 0 Å². The van der Waals surface area contributed by atoms with Crippen molar-refractivity contribution in [2.75, 3.05) is 30.4 Å². The summed E-state index contributed by atoms with van der Waals surface area (Å²) in [6, 6.07) is 7.90. The molecule has 1 aliphatic rings. The molecule has 1 aliphatic heterocycles. The van der Waals surface area contributed by atoms with Crippen molar-refractivity contribution in [2.45, 2.75) is 13.3 Å². The molecule has 0 unspecified atom stereocenters. The molecule has 0 spiro atoms. The van der Waals surface area contributed by atoms with Gasteiger partial charge in [0.2, 0.25) is 0 Å². The second-order valence-electron chi connectivity index (χ2n) is 4.83. The minimum atomic E-state index is 0.688. The molecule has 0 radical (unpaired) electrons. The van der Waals surface area contributed by atoms with Crippen LogP contribution in [0.5, 0.6) is 11.5 Å². The minimum absolute atomic E-state index is 0.688. The topological polar surface area (TPSA) is 55.4 Å². The molecule has 0 aliphatic carbocycles. The van der Waals surface area contributed by atoms with Crippen molar-refractivity contribution in [3.8, 4) is 11.5 Å². The maximum Gasteiger partial charge on any atom is 0.163 e. The largest absolute Gasteiger partial charge is 0.490 e. The zero-order chi connectivity index (χ0) is 14.5. The zero-order valence-electron chi connectivity index (χ0n) is 12.1. The summed E-state index contributed by atoms with van der Waals surface area (Å²) < 4.78 is 11.3. The van der Waals surface area contributed by atoms with Crippen LogP contribution in [0.2, 0.25) is 0 Å². The highest BCUT2D eigenvalue weighted by atomic mass is 16.5. The number of anilines is 3. The molecule has 1 aromatic carbocycles. The van der Waals surface area contributed by atoms with Crippen molar-refractivity contribution in [1.29, 1.82) is 0 Å². The standard InChI is InChI=1S/C16H19N3O2/c1-2-18-13-8-14(11-17-10-13)19-12-4-5-15-16(9-12)21-7-3-6-20-15/h4-5,8-11,18-19H,2-3,6-7H2,1H3. The summed E-state index contributed by atoms with van der Waals surface area (Å²) in [5, 5.41) is 6.58. The van der Waals surface area contributed by atoms with Crippen LogP contribution in [0.4, 0.5) is 17.1 Å². The number of rotatable bonds is 4. The Kier molecular flexibility index (Phi) is 4.09. The van der Waals surface area contributed by atoms with Crippen molar-refractivity contribution < 1.29 is 9.47 Å². The number of pyridine rings is 1. The van der Waals surface area contributed by atoms with E-state index in [4.69, 9.17) is 9.47 Å².